The molecule has 0 fully saturated rings. The van der Waals surface area contributed by atoms with E-state index in [-0.39, 0.29) is 10.9 Å². The number of benzene rings is 1. The Hall–Kier alpha value is -1.65. The van der Waals surface area contributed by atoms with Crippen LogP contribution in [0.1, 0.15) is 5.56 Å². The van der Waals surface area contributed by atoms with E-state index in [9.17, 15) is 17.6 Å². The maximum atomic E-state index is 13.2. The molecule has 0 aliphatic heterocycles. The van der Waals surface area contributed by atoms with Gasteiger partial charge in [0.15, 0.2) is 0 Å². The highest BCUT2D eigenvalue weighted by molar-refractivity contribution is 5.79. The molecule has 5 heteroatoms. The van der Waals surface area contributed by atoms with E-state index >= 15 is 0 Å². The second-order valence-electron chi connectivity index (χ2n) is 3.03. The van der Waals surface area contributed by atoms with Gasteiger partial charge >= 0.3 is 6.18 Å². The minimum atomic E-state index is -4.55. The Bertz CT molecular complexity index is 504. The van der Waals surface area contributed by atoms with Gasteiger partial charge in [-0.3, -0.25) is 4.98 Å². The lowest BCUT2D eigenvalue weighted by Crippen LogP contribution is -2.05. The van der Waals surface area contributed by atoms with Crippen molar-refractivity contribution in [3.8, 4) is 0 Å². The monoisotopic (exact) mass is 215 g/mol. The van der Waals surface area contributed by atoms with Gasteiger partial charge in [0, 0.05) is 11.6 Å². The SMILES string of the molecule is Fc1cc(C(F)(F)F)cc2ncccc12. The van der Waals surface area contributed by atoms with Crippen LogP contribution >= 0.6 is 0 Å². The van der Waals surface area contributed by atoms with Gasteiger partial charge in [-0.2, -0.15) is 13.2 Å². The molecule has 0 unspecified atom stereocenters. The van der Waals surface area contributed by atoms with E-state index < -0.39 is 17.6 Å². The molecule has 0 amide bonds. The van der Waals surface area contributed by atoms with Gasteiger partial charge in [-0.05, 0) is 24.3 Å². The largest absolute Gasteiger partial charge is 0.416 e. The molecule has 2 aromatic rings. The highest BCUT2D eigenvalue weighted by Gasteiger charge is 2.31. The van der Waals surface area contributed by atoms with E-state index in [1.165, 1.54) is 18.3 Å². The van der Waals surface area contributed by atoms with Crippen molar-refractivity contribution in [3.63, 3.8) is 0 Å². The van der Waals surface area contributed by atoms with E-state index in [4.69, 9.17) is 0 Å². The van der Waals surface area contributed by atoms with Crippen LogP contribution in [0.2, 0.25) is 0 Å². The number of pyridine rings is 1. The van der Waals surface area contributed by atoms with Crippen molar-refractivity contribution in [1.29, 1.82) is 0 Å². The van der Waals surface area contributed by atoms with Crippen molar-refractivity contribution in [2.75, 3.05) is 0 Å². The molecular formula is C10H5F4N. The van der Waals surface area contributed by atoms with Crippen LogP contribution in [-0.2, 0) is 6.18 Å². The normalized spacial score (nSPS) is 12.0. The Morgan fingerprint density at radius 2 is 1.87 bits per heavy atom. The average Bonchev–Trinajstić information content (AvgIpc) is 2.16. The molecule has 78 valence electrons. The number of rotatable bonds is 0. The zero-order chi connectivity index (χ0) is 11.1. The van der Waals surface area contributed by atoms with Crippen LogP contribution in [0.4, 0.5) is 17.6 Å². The molecule has 1 heterocycles. The fourth-order valence-corrected chi connectivity index (χ4v) is 1.30. The number of hydrogen-bond acceptors (Lipinski definition) is 1. The maximum Gasteiger partial charge on any atom is 0.416 e. The summed E-state index contributed by atoms with van der Waals surface area (Å²) in [7, 11) is 0. The summed E-state index contributed by atoms with van der Waals surface area (Å²) in [5.41, 5.74) is -1.02. The number of alkyl halides is 3. The summed E-state index contributed by atoms with van der Waals surface area (Å²) in [5.74, 6) is -0.909. The number of halogens is 4. The Morgan fingerprint density at radius 3 is 2.53 bits per heavy atom. The predicted molar refractivity (Wildman–Crippen MR) is 46.7 cm³/mol. The van der Waals surface area contributed by atoms with E-state index in [0.717, 1.165) is 6.07 Å². The van der Waals surface area contributed by atoms with Crippen molar-refractivity contribution < 1.29 is 17.6 Å². The highest BCUT2D eigenvalue weighted by atomic mass is 19.4. The van der Waals surface area contributed by atoms with Gasteiger partial charge in [-0.1, -0.05) is 0 Å². The molecule has 0 radical (unpaired) electrons. The summed E-state index contributed by atoms with van der Waals surface area (Å²) < 4.78 is 50.1. The zero-order valence-electron chi connectivity index (χ0n) is 7.35. The van der Waals surface area contributed by atoms with Gasteiger partial charge in [0.1, 0.15) is 5.82 Å². The van der Waals surface area contributed by atoms with Crippen LogP contribution in [-0.4, -0.2) is 4.98 Å². The molecule has 1 nitrogen and oxygen atoms in total. The molecule has 0 atom stereocenters. The molecule has 0 spiro atoms. The van der Waals surface area contributed by atoms with Gasteiger partial charge in [-0.25, -0.2) is 4.39 Å². The summed E-state index contributed by atoms with van der Waals surface area (Å²) in [6, 6.07) is 4.17. The molecular weight excluding hydrogens is 210 g/mol. The number of hydrogen-bond donors (Lipinski definition) is 0. The molecule has 15 heavy (non-hydrogen) atoms. The van der Waals surface area contributed by atoms with Crippen molar-refractivity contribution in [1.82, 2.24) is 4.98 Å². The van der Waals surface area contributed by atoms with Crippen molar-refractivity contribution in [2.24, 2.45) is 0 Å². The van der Waals surface area contributed by atoms with Crippen LogP contribution in [0.3, 0.4) is 0 Å². The second-order valence-corrected chi connectivity index (χ2v) is 3.03. The summed E-state index contributed by atoms with van der Waals surface area (Å²) in [6.45, 7) is 0. The van der Waals surface area contributed by atoms with Crippen LogP contribution in [0.25, 0.3) is 10.9 Å². The van der Waals surface area contributed by atoms with Gasteiger partial charge in [0.2, 0.25) is 0 Å². The average molecular weight is 215 g/mol. The molecule has 0 aliphatic rings. The number of nitrogens with zero attached hydrogens (tertiary/aromatic N) is 1. The van der Waals surface area contributed by atoms with Crippen LogP contribution in [0.15, 0.2) is 30.5 Å². The zero-order valence-corrected chi connectivity index (χ0v) is 7.35. The Kier molecular flexibility index (Phi) is 2.10. The molecule has 1 aromatic carbocycles. The van der Waals surface area contributed by atoms with Crippen molar-refractivity contribution >= 4 is 10.9 Å². The lowest BCUT2D eigenvalue weighted by Gasteiger charge is -2.07. The Labute approximate surface area is 82.4 Å². The molecule has 2 rings (SSSR count). The third-order valence-electron chi connectivity index (χ3n) is 2.00. The molecule has 0 bridgehead atoms. The van der Waals surface area contributed by atoms with Gasteiger partial charge < -0.3 is 0 Å². The second kappa shape index (κ2) is 3.18. The topological polar surface area (TPSA) is 12.9 Å². The summed E-state index contributed by atoms with van der Waals surface area (Å²) >= 11 is 0. The third-order valence-corrected chi connectivity index (χ3v) is 2.00. The van der Waals surface area contributed by atoms with Gasteiger partial charge in [0.25, 0.3) is 0 Å². The Morgan fingerprint density at radius 1 is 1.13 bits per heavy atom. The lowest BCUT2D eigenvalue weighted by molar-refractivity contribution is -0.137. The first-order valence-corrected chi connectivity index (χ1v) is 4.10. The lowest BCUT2D eigenvalue weighted by atomic mass is 10.1. The third kappa shape index (κ3) is 1.77. The standard InChI is InChI=1S/C10H5F4N/c11-8-4-6(10(12,13)14)5-9-7(8)2-1-3-15-9/h1-5H. The van der Waals surface area contributed by atoms with Crippen molar-refractivity contribution in [2.45, 2.75) is 6.18 Å². The van der Waals surface area contributed by atoms with E-state index in [1.54, 1.807) is 0 Å². The summed E-state index contributed by atoms with van der Waals surface area (Å²) in [6.07, 6.45) is -3.23. The minimum absolute atomic E-state index is 0.00447. The first-order chi connectivity index (χ1) is 6.98. The quantitative estimate of drug-likeness (QED) is 0.614. The highest BCUT2D eigenvalue weighted by Crippen LogP contribution is 2.32. The minimum Gasteiger partial charge on any atom is -0.256 e. The predicted octanol–water partition coefficient (Wildman–Crippen LogP) is 3.39. The van der Waals surface area contributed by atoms with Crippen LogP contribution in [0.5, 0.6) is 0 Å². The van der Waals surface area contributed by atoms with Gasteiger partial charge in [0.05, 0.1) is 11.1 Å². The fraction of sp³-hybridized carbons (Fsp3) is 0.100. The van der Waals surface area contributed by atoms with Crippen LogP contribution in [0, 0.1) is 5.82 Å². The molecule has 1 aromatic heterocycles. The summed E-state index contributed by atoms with van der Waals surface area (Å²) in [4.78, 5) is 3.68. The fourth-order valence-electron chi connectivity index (χ4n) is 1.30. The number of fused-ring (bicyclic) bond motifs is 1. The molecule has 0 saturated carbocycles. The molecule has 0 N–H and O–H groups in total. The first-order valence-electron chi connectivity index (χ1n) is 4.10. The Balaban J connectivity index is 2.73. The van der Waals surface area contributed by atoms with E-state index in [1.807, 2.05) is 0 Å². The first kappa shape index (κ1) is 9.89. The molecule has 0 aliphatic carbocycles. The van der Waals surface area contributed by atoms with Gasteiger partial charge in [-0.15, -0.1) is 0 Å². The van der Waals surface area contributed by atoms with Crippen LogP contribution < -0.4 is 0 Å². The summed E-state index contributed by atoms with van der Waals surface area (Å²) in [5, 5.41) is 0.0884. The van der Waals surface area contributed by atoms with Crippen molar-refractivity contribution in [3.05, 3.63) is 41.8 Å². The van der Waals surface area contributed by atoms with E-state index in [0.29, 0.717) is 6.07 Å². The van der Waals surface area contributed by atoms with E-state index in [2.05, 4.69) is 4.98 Å². The molecule has 0 saturated heterocycles. The maximum absolute atomic E-state index is 13.2. The smallest absolute Gasteiger partial charge is 0.256 e. The number of aromatic nitrogens is 1.